The van der Waals surface area contributed by atoms with E-state index in [2.05, 4.69) is 21.9 Å². The number of rotatable bonds is 4. The van der Waals surface area contributed by atoms with Crippen LogP contribution in [-0.2, 0) is 11.2 Å². The molecule has 0 aliphatic carbocycles. The zero-order valence-corrected chi connectivity index (χ0v) is 12.2. The molecule has 0 bridgehead atoms. The molecule has 0 saturated heterocycles. The second-order valence-electron chi connectivity index (χ2n) is 5.22. The van der Waals surface area contributed by atoms with Crippen LogP contribution < -0.4 is 4.90 Å². The minimum absolute atomic E-state index is 0.115. The molecule has 0 fully saturated rings. The van der Waals surface area contributed by atoms with Gasteiger partial charge in [-0.3, -0.25) is 4.79 Å². The number of Topliss-reactive ketones (excluding diaryl/α,β-unsaturated/α-hetero) is 1. The van der Waals surface area contributed by atoms with Crippen LogP contribution in [0, 0.1) is 6.57 Å². The van der Waals surface area contributed by atoms with E-state index in [4.69, 9.17) is 6.57 Å². The molecule has 3 heteroatoms. The molecule has 0 saturated carbocycles. The van der Waals surface area contributed by atoms with Crippen LogP contribution >= 0.6 is 0 Å². The molecule has 0 amide bonds. The number of carbonyl (C=O) groups excluding carboxylic acids is 1. The van der Waals surface area contributed by atoms with Gasteiger partial charge in [-0.05, 0) is 23.6 Å². The third-order valence-corrected chi connectivity index (χ3v) is 3.82. The highest BCUT2D eigenvalue weighted by Gasteiger charge is 2.21. The average molecular weight is 288 g/mol. The molecule has 0 atom stereocenters. The molecule has 1 aliphatic rings. The van der Waals surface area contributed by atoms with Gasteiger partial charge < -0.3 is 9.74 Å². The molecule has 0 N–H and O–H groups in total. The molecule has 0 unspecified atom stereocenters. The summed E-state index contributed by atoms with van der Waals surface area (Å²) in [6.45, 7) is 7.70. The van der Waals surface area contributed by atoms with E-state index in [1.54, 1.807) is 0 Å². The van der Waals surface area contributed by atoms with Gasteiger partial charge in [-0.25, -0.2) is 6.57 Å². The summed E-state index contributed by atoms with van der Waals surface area (Å²) >= 11 is 0. The van der Waals surface area contributed by atoms with Crippen molar-refractivity contribution in [1.82, 2.24) is 0 Å². The maximum absolute atomic E-state index is 12.3. The predicted molar refractivity (Wildman–Crippen MR) is 88.4 cm³/mol. The number of nitrogens with zero attached hydrogens (tertiary/aromatic N) is 2. The van der Waals surface area contributed by atoms with Crippen molar-refractivity contribution >= 4 is 17.0 Å². The SMILES string of the molecule is [C-]#[N+]CC(=O)/C(=C\N1CCc2ccccc21)c1ccccc1. The Hall–Kier alpha value is -2.86. The number of hydrogen-bond acceptors (Lipinski definition) is 2. The monoisotopic (exact) mass is 288 g/mol. The van der Waals surface area contributed by atoms with Crippen LogP contribution in [0.5, 0.6) is 0 Å². The molecule has 2 aromatic carbocycles. The normalized spacial score (nSPS) is 13.6. The maximum Gasteiger partial charge on any atom is 0.276 e. The van der Waals surface area contributed by atoms with E-state index in [1.807, 2.05) is 48.7 Å². The molecule has 0 spiro atoms. The lowest BCUT2D eigenvalue weighted by Gasteiger charge is -2.16. The number of anilines is 1. The Morgan fingerprint density at radius 2 is 1.86 bits per heavy atom. The number of benzene rings is 2. The molecule has 1 aliphatic heterocycles. The second kappa shape index (κ2) is 6.28. The minimum Gasteiger partial charge on any atom is -0.347 e. The highest BCUT2D eigenvalue weighted by atomic mass is 16.1. The lowest BCUT2D eigenvalue weighted by atomic mass is 10.0. The van der Waals surface area contributed by atoms with Crippen LogP contribution in [0.15, 0.2) is 60.8 Å². The zero-order chi connectivity index (χ0) is 15.4. The summed E-state index contributed by atoms with van der Waals surface area (Å²) < 4.78 is 0. The quantitative estimate of drug-likeness (QED) is 0.634. The number of hydrogen-bond donors (Lipinski definition) is 0. The summed E-state index contributed by atoms with van der Waals surface area (Å²) in [7, 11) is 0. The Labute approximate surface area is 130 Å². The summed E-state index contributed by atoms with van der Waals surface area (Å²) in [5.41, 5.74) is 3.91. The van der Waals surface area contributed by atoms with Crippen LogP contribution in [0.3, 0.4) is 0 Å². The highest BCUT2D eigenvalue weighted by molar-refractivity contribution is 6.22. The average Bonchev–Trinajstić information content (AvgIpc) is 2.97. The molecule has 3 rings (SSSR count). The molecule has 0 radical (unpaired) electrons. The Kier molecular flexibility index (Phi) is 4.02. The van der Waals surface area contributed by atoms with Crippen LogP contribution in [0.25, 0.3) is 10.4 Å². The van der Waals surface area contributed by atoms with Gasteiger partial charge in [0.1, 0.15) is 0 Å². The molecule has 3 nitrogen and oxygen atoms in total. The van der Waals surface area contributed by atoms with Gasteiger partial charge in [0.25, 0.3) is 6.54 Å². The summed E-state index contributed by atoms with van der Waals surface area (Å²) in [5, 5.41) is 0. The Morgan fingerprint density at radius 3 is 2.64 bits per heavy atom. The van der Waals surface area contributed by atoms with Gasteiger partial charge in [0, 0.05) is 24.0 Å². The molecule has 22 heavy (non-hydrogen) atoms. The van der Waals surface area contributed by atoms with Crippen LogP contribution in [0.1, 0.15) is 11.1 Å². The molecular weight excluding hydrogens is 272 g/mol. The first-order chi connectivity index (χ1) is 10.8. The van der Waals surface area contributed by atoms with Crippen molar-refractivity contribution in [3.63, 3.8) is 0 Å². The molecule has 2 aromatic rings. The third-order valence-electron chi connectivity index (χ3n) is 3.82. The fourth-order valence-corrected chi connectivity index (χ4v) is 2.74. The van der Waals surface area contributed by atoms with Gasteiger partial charge in [-0.1, -0.05) is 48.5 Å². The zero-order valence-electron chi connectivity index (χ0n) is 12.2. The van der Waals surface area contributed by atoms with Crippen molar-refractivity contribution in [3.8, 4) is 0 Å². The van der Waals surface area contributed by atoms with E-state index in [9.17, 15) is 4.79 Å². The third kappa shape index (κ3) is 2.77. The van der Waals surface area contributed by atoms with E-state index in [0.717, 1.165) is 24.2 Å². The van der Waals surface area contributed by atoms with Crippen molar-refractivity contribution < 1.29 is 4.79 Å². The fourth-order valence-electron chi connectivity index (χ4n) is 2.74. The number of ketones is 1. The van der Waals surface area contributed by atoms with E-state index in [1.165, 1.54) is 5.56 Å². The Bertz CT molecular complexity index is 757. The van der Waals surface area contributed by atoms with Crippen molar-refractivity contribution in [2.75, 3.05) is 18.0 Å². The van der Waals surface area contributed by atoms with Crippen LogP contribution in [0.4, 0.5) is 5.69 Å². The largest absolute Gasteiger partial charge is 0.347 e. The lowest BCUT2D eigenvalue weighted by molar-refractivity contribution is -0.112. The van der Waals surface area contributed by atoms with Gasteiger partial charge in [0.05, 0.1) is 0 Å². The minimum atomic E-state index is -0.134. The summed E-state index contributed by atoms with van der Waals surface area (Å²) in [5.74, 6) is -0.134. The lowest BCUT2D eigenvalue weighted by Crippen LogP contribution is -2.16. The van der Waals surface area contributed by atoms with Crippen LogP contribution in [0.2, 0.25) is 0 Å². The van der Waals surface area contributed by atoms with Gasteiger partial charge in [-0.15, -0.1) is 0 Å². The molecule has 0 aromatic heterocycles. The number of carbonyl (C=O) groups is 1. The van der Waals surface area contributed by atoms with Gasteiger partial charge in [0.2, 0.25) is 5.78 Å². The van der Waals surface area contributed by atoms with Crippen molar-refractivity contribution in [1.29, 1.82) is 0 Å². The Balaban J connectivity index is 2.00. The standard InChI is InChI=1S/C19H16N2O/c1-20-13-19(22)17(15-7-3-2-4-8-15)14-21-12-11-16-9-5-6-10-18(16)21/h2-10,14H,11-13H2/b17-14-. The van der Waals surface area contributed by atoms with Gasteiger partial charge >= 0.3 is 0 Å². The summed E-state index contributed by atoms with van der Waals surface area (Å²) in [6.07, 6.45) is 2.88. The van der Waals surface area contributed by atoms with Crippen molar-refractivity contribution in [2.45, 2.75) is 6.42 Å². The van der Waals surface area contributed by atoms with E-state index >= 15 is 0 Å². The molecular formula is C19H16N2O. The topological polar surface area (TPSA) is 24.7 Å². The molecule has 1 heterocycles. The van der Waals surface area contributed by atoms with Crippen molar-refractivity contribution in [2.24, 2.45) is 0 Å². The summed E-state index contributed by atoms with van der Waals surface area (Å²) in [4.78, 5) is 17.7. The highest BCUT2D eigenvalue weighted by Crippen LogP contribution is 2.29. The first-order valence-electron chi connectivity index (χ1n) is 7.28. The predicted octanol–water partition coefficient (Wildman–Crippen LogP) is 3.58. The number of para-hydroxylation sites is 1. The Morgan fingerprint density at radius 1 is 1.14 bits per heavy atom. The maximum atomic E-state index is 12.3. The van der Waals surface area contributed by atoms with E-state index in [0.29, 0.717) is 5.57 Å². The molecule has 108 valence electrons. The van der Waals surface area contributed by atoms with E-state index in [-0.39, 0.29) is 12.3 Å². The van der Waals surface area contributed by atoms with E-state index < -0.39 is 0 Å². The second-order valence-corrected chi connectivity index (χ2v) is 5.22. The summed E-state index contributed by atoms with van der Waals surface area (Å²) in [6, 6.07) is 17.8. The first-order valence-corrected chi connectivity index (χ1v) is 7.28. The fraction of sp³-hybridized carbons (Fsp3) is 0.158. The first kappa shape index (κ1) is 14.1. The van der Waals surface area contributed by atoms with Gasteiger partial charge in [-0.2, -0.15) is 0 Å². The van der Waals surface area contributed by atoms with Crippen LogP contribution in [-0.4, -0.2) is 18.9 Å². The van der Waals surface area contributed by atoms with Crippen molar-refractivity contribution in [3.05, 3.63) is 83.3 Å². The number of fused-ring (bicyclic) bond motifs is 1. The van der Waals surface area contributed by atoms with Gasteiger partial charge in [0.15, 0.2) is 0 Å². The smallest absolute Gasteiger partial charge is 0.276 e.